The molecule has 0 saturated carbocycles. The monoisotopic (exact) mass is 202 g/mol. The normalized spacial score (nSPS) is 9.93. The lowest BCUT2D eigenvalue weighted by atomic mass is 10.1. The molecule has 3 nitrogen and oxygen atoms in total. The number of aromatic nitrogens is 2. The molecule has 0 radical (unpaired) electrons. The van der Waals surface area contributed by atoms with Gasteiger partial charge in [-0.15, -0.1) is 0 Å². The molecule has 0 fully saturated rings. The third-order valence-corrected chi connectivity index (χ3v) is 1.94. The first-order valence-electron chi connectivity index (χ1n) is 4.33. The third-order valence-electron chi connectivity index (χ3n) is 1.94. The maximum absolute atomic E-state index is 13.3. The number of benzene rings is 1. The van der Waals surface area contributed by atoms with E-state index in [1.54, 1.807) is 6.07 Å². The fourth-order valence-electron chi connectivity index (χ4n) is 1.22. The molecule has 0 bridgehead atoms. The second-order valence-electron chi connectivity index (χ2n) is 2.94. The van der Waals surface area contributed by atoms with Crippen LogP contribution in [0.1, 0.15) is 15.9 Å². The van der Waals surface area contributed by atoms with Crippen molar-refractivity contribution < 1.29 is 9.18 Å². The summed E-state index contributed by atoms with van der Waals surface area (Å²) in [6.07, 6.45) is 4.04. The van der Waals surface area contributed by atoms with Crippen molar-refractivity contribution in [2.75, 3.05) is 0 Å². The van der Waals surface area contributed by atoms with Gasteiger partial charge in [0.25, 0.3) is 0 Å². The molecular weight excluding hydrogens is 195 g/mol. The summed E-state index contributed by atoms with van der Waals surface area (Å²) in [6.45, 7) is 0. The summed E-state index contributed by atoms with van der Waals surface area (Å²) in [4.78, 5) is 19.2. The highest BCUT2D eigenvalue weighted by Gasteiger charge is 2.13. The molecule has 1 aromatic heterocycles. The molecule has 0 N–H and O–H groups in total. The fraction of sp³-hybridized carbons (Fsp3) is 0. The van der Waals surface area contributed by atoms with E-state index in [2.05, 4.69) is 9.97 Å². The van der Waals surface area contributed by atoms with Gasteiger partial charge in [0.05, 0.1) is 11.1 Å². The van der Waals surface area contributed by atoms with E-state index in [0.29, 0.717) is 0 Å². The Balaban J connectivity index is 2.42. The molecule has 1 aromatic carbocycles. The van der Waals surface area contributed by atoms with Crippen LogP contribution in [0.4, 0.5) is 4.39 Å². The number of ketones is 1. The molecule has 0 atom stereocenters. The van der Waals surface area contributed by atoms with Crippen molar-refractivity contribution in [2.24, 2.45) is 0 Å². The second-order valence-corrected chi connectivity index (χ2v) is 2.94. The summed E-state index contributed by atoms with van der Waals surface area (Å²) in [5.41, 5.74) is 0.315. The largest absolute Gasteiger partial charge is 0.288 e. The van der Waals surface area contributed by atoms with E-state index in [9.17, 15) is 9.18 Å². The maximum atomic E-state index is 13.3. The Morgan fingerprint density at radius 2 is 1.80 bits per heavy atom. The molecule has 0 unspecified atom stereocenters. The minimum Gasteiger partial charge on any atom is -0.288 e. The quantitative estimate of drug-likeness (QED) is 0.698. The molecule has 0 aliphatic heterocycles. The van der Waals surface area contributed by atoms with Crippen LogP contribution < -0.4 is 0 Å². The average molecular weight is 202 g/mol. The van der Waals surface area contributed by atoms with Crippen LogP contribution in [0.25, 0.3) is 0 Å². The van der Waals surface area contributed by atoms with Gasteiger partial charge in [0, 0.05) is 12.4 Å². The summed E-state index contributed by atoms with van der Waals surface area (Å²) in [5, 5.41) is 0. The standard InChI is InChI=1S/C11H7FN2O/c12-10-4-2-1-3-9(10)11(15)8-5-13-7-14-6-8/h1-7H. The number of carbonyl (C=O) groups excluding carboxylic acids is 1. The molecule has 74 valence electrons. The van der Waals surface area contributed by atoms with Gasteiger partial charge in [0.15, 0.2) is 5.78 Å². The Morgan fingerprint density at radius 3 is 2.47 bits per heavy atom. The van der Waals surface area contributed by atoms with Crippen molar-refractivity contribution in [1.29, 1.82) is 0 Å². The Kier molecular flexibility index (Phi) is 2.49. The molecule has 0 amide bonds. The van der Waals surface area contributed by atoms with Crippen molar-refractivity contribution in [3.05, 3.63) is 59.9 Å². The van der Waals surface area contributed by atoms with Crippen LogP contribution in [0.5, 0.6) is 0 Å². The van der Waals surface area contributed by atoms with Gasteiger partial charge in [0.2, 0.25) is 0 Å². The van der Waals surface area contributed by atoms with Gasteiger partial charge in [-0.3, -0.25) is 4.79 Å². The lowest BCUT2D eigenvalue weighted by molar-refractivity contribution is 0.103. The fourth-order valence-corrected chi connectivity index (χ4v) is 1.22. The Bertz CT molecular complexity index is 485. The van der Waals surface area contributed by atoms with Crippen LogP contribution in [-0.2, 0) is 0 Å². The van der Waals surface area contributed by atoms with E-state index < -0.39 is 11.6 Å². The van der Waals surface area contributed by atoms with E-state index in [4.69, 9.17) is 0 Å². The highest BCUT2D eigenvalue weighted by Crippen LogP contribution is 2.11. The Hall–Kier alpha value is -2.10. The molecule has 0 spiro atoms. The third kappa shape index (κ3) is 1.88. The van der Waals surface area contributed by atoms with Crippen molar-refractivity contribution in [1.82, 2.24) is 9.97 Å². The lowest BCUT2D eigenvalue weighted by Gasteiger charge is -2.00. The first-order chi connectivity index (χ1) is 7.29. The summed E-state index contributed by atoms with van der Waals surface area (Å²) >= 11 is 0. The second kappa shape index (κ2) is 3.96. The molecule has 0 saturated heterocycles. The van der Waals surface area contributed by atoms with E-state index >= 15 is 0 Å². The number of nitrogens with zero attached hydrogens (tertiary/aromatic N) is 2. The number of carbonyl (C=O) groups is 1. The molecule has 0 aliphatic rings. The zero-order chi connectivity index (χ0) is 10.7. The first-order valence-corrected chi connectivity index (χ1v) is 4.33. The maximum Gasteiger partial charge on any atom is 0.199 e. The van der Waals surface area contributed by atoms with Crippen LogP contribution >= 0.6 is 0 Å². The SMILES string of the molecule is O=C(c1cncnc1)c1ccccc1F. The first kappa shape index (κ1) is 9.45. The van der Waals surface area contributed by atoms with E-state index in [1.807, 2.05) is 0 Å². The molecule has 4 heteroatoms. The van der Waals surface area contributed by atoms with E-state index in [0.717, 1.165) is 0 Å². The molecule has 1 heterocycles. The van der Waals surface area contributed by atoms with Crippen LogP contribution in [0.2, 0.25) is 0 Å². The van der Waals surface area contributed by atoms with Gasteiger partial charge in [-0.25, -0.2) is 14.4 Å². The predicted molar refractivity (Wildman–Crippen MR) is 51.9 cm³/mol. The van der Waals surface area contributed by atoms with Crippen molar-refractivity contribution in [3.63, 3.8) is 0 Å². The highest BCUT2D eigenvalue weighted by atomic mass is 19.1. The Morgan fingerprint density at radius 1 is 1.13 bits per heavy atom. The minimum atomic E-state index is -0.536. The predicted octanol–water partition coefficient (Wildman–Crippen LogP) is 1.85. The van der Waals surface area contributed by atoms with Crippen LogP contribution in [0.3, 0.4) is 0 Å². The van der Waals surface area contributed by atoms with Gasteiger partial charge in [-0.1, -0.05) is 12.1 Å². The summed E-state index contributed by atoms with van der Waals surface area (Å²) in [5.74, 6) is -0.944. The number of hydrogen-bond acceptors (Lipinski definition) is 3. The van der Waals surface area contributed by atoms with Gasteiger partial charge in [-0.05, 0) is 12.1 Å². The van der Waals surface area contributed by atoms with Gasteiger partial charge >= 0.3 is 0 Å². The molecule has 0 aliphatic carbocycles. The topological polar surface area (TPSA) is 42.9 Å². The molecular formula is C11H7FN2O. The van der Waals surface area contributed by atoms with Crippen molar-refractivity contribution >= 4 is 5.78 Å². The number of halogens is 1. The van der Waals surface area contributed by atoms with Crippen molar-refractivity contribution in [3.8, 4) is 0 Å². The zero-order valence-corrected chi connectivity index (χ0v) is 7.72. The van der Waals surface area contributed by atoms with Crippen LogP contribution in [0.15, 0.2) is 43.0 Å². The summed E-state index contributed by atoms with van der Waals surface area (Å²) < 4.78 is 13.3. The summed E-state index contributed by atoms with van der Waals surface area (Å²) in [6, 6.07) is 5.83. The van der Waals surface area contributed by atoms with Crippen LogP contribution in [-0.4, -0.2) is 15.8 Å². The van der Waals surface area contributed by atoms with Crippen LogP contribution in [0, 0.1) is 5.82 Å². The van der Waals surface area contributed by atoms with E-state index in [-0.39, 0.29) is 11.1 Å². The number of rotatable bonds is 2. The smallest absolute Gasteiger partial charge is 0.199 e. The summed E-state index contributed by atoms with van der Waals surface area (Å²) in [7, 11) is 0. The van der Waals surface area contributed by atoms with E-state index in [1.165, 1.54) is 36.9 Å². The molecule has 2 rings (SSSR count). The zero-order valence-electron chi connectivity index (χ0n) is 7.72. The van der Waals surface area contributed by atoms with Crippen molar-refractivity contribution in [2.45, 2.75) is 0 Å². The average Bonchev–Trinajstić information content (AvgIpc) is 2.30. The van der Waals surface area contributed by atoms with Gasteiger partial charge in [0.1, 0.15) is 12.1 Å². The lowest BCUT2D eigenvalue weighted by Crippen LogP contribution is -2.04. The van der Waals surface area contributed by atoms with Gasteiger partial charge in [-0.2, -0.15) is 0 Å². The molecule has 2 aromatic rings. The highest BCUT2D eigenvalue weighted by molar-refractivity contribution is 6.08. The molecule has 15 heavy (non-hydrogen) atoms. The minimum absolute atomic E-state index is 0.0345. The number of hydrogen-bond donors (Lipinski definition) is 0. The van der Waals surface area contributed by atoms with Gasteiger partial charge < -0.3 is 0 Å². The Labute approximate surface area is 85.6 Å².